The molecule has 4 rings (SSSR count). The van der Waals surface area contributed by atoms with Crippen molar-refractivity contribution < 1.29 is 28.1 Å². The molecule has 0 saturated heterocycles. The minimum Gasteiger partial charge on any atom is -0.493 e. The maximum atomic E-state index is 14.5. The van der Waals surface area contributed by atoms with E-state index in [1.807, 2.05) is 0 Å². The number of rotatable bonds is 7. The highest BCUT2D eigenvalue weighted by atomic mass is 19.1. The van der Waals surface area contributed by atoms with Crippen LogP contribution in [0.1, 0.15) is 13.8 Å². The fourth-order valence-corrected chi connectivity index (χ4v) is 3.56. The highest BCUT2D eigenvalue weighted by Gasteiger charge is 2.40. The van der Waals surface area contributed by atoms with Crippen LogP contribution in [0.15, 0.2) is 30.5 Å². The molecule has 1 aliphatic rings. The molecule has 0 aliphatic carbocycles. The zero-order valence-electron chi connectivity index (χ0n) is 20.1. The fraction of sp³-hybridized carbons (Fsp3) is 0.304. The number of pyridine rings is 1. The number of hydrogen-bond donors (Lipinski definition) is 2. The molecule has 0 bridgehead atoms. The van der Waals surface area contributed by atoms with E-state index >= 15 is 0 Å². The number of aromatic nitrogens is 3. The summed E-state index contributed by atoms with van der Waals surface area (Å²) < 4.78 is 36.3. The Morgan fingerprint density at radius 1 is 1.03 bits per heavy atom. The van der Waals surface area contributed by atoms with Crippen LogP contribution in [0.3, 0.4) is 0 Å². The fourth-order valence-electron chi connectivity index (χ4n) is 3.56. The van der Waals surface area contributed by atoms with E-state index in [4.69, 9.17) is 18.9 Å². The molecule has 2 N–H and O–H groups in total. The average Bonchev–Trinajstić information content (AvgIpc) is 2.84. The molecule has 3 aromatic rings. The second-order valence-corrected chi connectivity index (χ2v) is 8.05. The van der Waals surface area contributed by atoms with Gasteiger partial charge in [-0.25, -0.2) is 14.4 Å². The van der Waals surface area contributed by atoms with E-state index in [0.717, 1.165) is 6.20 Å². The molecule has 0 saturated carbocycles. The first-order chi connectivity index (χ1) is 16.7. The molecule has 0 atom stereocenters. The molecular weight excluding hydrogens is 459 g/mol. The maximum absolute atomic E-state index is 14.5. The van der Waals surface area contributed by atoms with Crippen LogP contribution in [0.5, 0.6) is 23.0 Å². The molecule has 1 aliphatic heterocycles. The molecule has 1 aromatic carbocycles. The van der Waals surface area contributed by atoms with Crippen molar-refractivity contribution in [2.45, 2.75) is 19.4 Å². The molecule has 3 heterocycles. The number of nitrogens with one attached hydrogen (secondary N) is 2. The molecule has 12 heteroatoms. The number of amides is 1. The molecule has 184 valence electrons. The van der Waals surface area contributed by atoms with Crippen LogP contribution in [0.4, 0.5) is 33.5 Å². The molecular formula is C23H25FN6O5. The number of halogens is 1. The van der Waals surface area contributed by atoms with Gasteiger partial charge in [0.05, 0.1) is 27.5 Å². The number of carbonyl (C=O) groups is 1. The van der Waals surface area contributed by atoms with E-state index in [-0.39, 0.29) is 23.5 Å². The quantitative estimate of drug-likeness (QED) is 0.514. The summed E-state index contributed by atoms with van der Waals surface area (Å²) in [6.07, 6.45) is 1.02. The lowest BCUT2D eigenvalue weighted by atomic mass is 10.1. The van der Waals surface area contributed by atoms with Gasteiger partial charge >= 0.3 is 0 Å². The number of carbonyl (C=O) groups excluding carboxylic acids is 1. The third-order valence-electron chi connectivity index (χ3n) is 5.25. The van der Waals surface area contributed by atoms with Crippen LogP contribution < -0.4 is 34.5 Å². The number of benzene rings is 1. The minimum atomic E-state index is -1.01. The number of nitrogens with zero attached hydrogens (tertiary/aromatic N) is 4. The molecule has 0 spiro atoms. The highest BCUT2D eigenvalue weighted by molar-refractivity contribution is 6.01. The van der Waals surface area contributed by atoms with Gasteiger partial charge in [0.15, 0.2) is 40.3 Å². The summed E-state index contributed by atoms with van der Waals surface area (Å²) in [4.78, 5) is 26.5. The Morgan fingerprint density at radius 2 is 1.71 bits per heavy atom. The van der Waals surface area contributed by atoms with Crippen molar-refractivity contribution in [1.29, 1.82) is 0 Å². The first-order valence-corrected chi connectivity index (χ1v) is 10.5. The predicted molar refractivity (Wildman–Crippen MR) is 127 cm³/mol. The van der Waals surface area contributed by atoms with Gasteiger partial charge in [-0.3, -0.25) is 9.69 Å². The van der Waals surface area contributed by atoms with E-state index < -0.39 is 11.4 Å². The van der Waals surface area contributed by atoms with Gasteiger partial charge in [0.1, 0.15) is 5.82 Å². The van der Waals surface area contributed by atoms with E-state index in [9.17, 15) is 9.18 Å². The maximum Gasteiger partial charge on any atom is 0.271 e. The number of ether oxygens (including phenoxy) is 4. The van der Waals surface area contributed by atoms with Crippen LogP contribution in [-0.2, 0) is 4.79 Å². The Labute approximate surface area is 201 Å². The number of fused-ring (bicyclic) bond motifs is 1. The Bertz CT molecular complexity index is 1260. The van der Waals surface area contributed by atoms with Crippen LogP contribution in [0.2, 0.25) is 0 Å². The van der Waals surface area contributed by atoms with Crippen molar-refractivity contribution in [3.63, 3.8) is 0 Å². The van der Waals surface area contributed by atoms with Gasteiger partial charge < -0.3 is 29.6 Å². The third-order valence-corrected chi connectivity index (χ3v) is 5.25. The summed E-state index contributed by atoms with van der Waals surface area (Å²) in [6.45, 7) is 3.36. The minimum absolute atomic E-state index is 0.110. The lowest BCUT2D eigenvalue weighted by Gasteiger charge is -2.36. The zero-order valence-corrected chi connectivity index (χ0v) is 20.1. The standard InChI is InChI=1S/C23H25FN6O5/c1-23(2)21(31)30(3)20-14(35-23)7-8-17(28-20)27-19-13(24)11-25-22(29-19)26-12-9-15(32-4)18(34-6)16(10-12)33-5/h7-11H,1-6H3,(H2,25,26,27,28,29). The van der Waals surface area contributed by atoms with Crippen LogP contribution in [0, 0.1) is 5.82 Å². The van der Waals surface area contributed by atoms with Gasteiger partial charge in [0.25, 0.3) is 5.91 Å². The third kappa shape index (κ3) is 4.54. The number of hydrogen-bond acceptors (Lipinski definition) is 10. The Hall–Kier alpha value is -4.35. The molecule has 35 heavy (non-hydrogen) atoms. The van der Waals surface area contributed by atoms with Gasteiger partial charge in [-0.15, -0.1) is 0 Å². The molecule has 11 nitrogen and oxygen atoms in total. The zero-order chi connectivity index (χ0) is 25.3. The summed E-state index contributed by atoms with van der Waals surface area (Å²) in [5.74, 6) is 1.35. The van der Waals surface area contributed by atoms with Crippen LogP contribution in [-0.4, -0.2) is 54.8 Å². The van der Waals surface area contributed by atoms with Gasteiger partial charge in [-0.2, -0.15) is 4.98 Å². The van der Waals surface area contributed by atoms with Gasteiger partial charge in [-0.05, 0) is 26.0 Å². The topological polar surface area (TPSA) is 120 Å². The normalized spacial score (nSPS) is 14.0. The van der Waals surface area contributed by atoms with Crippen LogP contribution >= 0.6 is 0 Å². The predicted octanol–water partition coefficient (Wildman–Crippen LogP) is 3.66. The second-order valence-electron chi connectivity index (χ2n) is 8.05. The van der Waals surface area contributed by atoms with Gasteiger partial charge in [0, 0.05) is 24.9 Å². The van der Waals surface area contributed by atoms with Crippen molar-refractivity contribution >= 4 is 35.0 Å². The van der Waals surface area contributed by atoms with Gasteiger partial charge in [-0.1, -0.05) is 0 Å². The van der Waals surface area contributed by atoms with Crippen molar-refractivity contribution in [1.82, 2.24) is 15.0 Å². The van der Waals surface area contributed by atoms with Crippen molar-refractivity contribution in [3.05, 3.63) is 36.3 Å². The monoisotopic (exact) mass is 484 g/mol. The summed E-state index contributed by atoms with van der Waals surface area (Å²) in [7, 11) is 6.11. The molecule has 0 fully saturated rings. The SMILES string of the molecule is COc1cc(Nc2ncc(F)c(Nc3ccc4c(n3)N(C)C(=O)C(C)(C)O4)n2)cc(OC)c1OC. The Kier molecular flexibility index (Phi) is 6.20. The summed E-state index contributed by atoms with van der Waals surface area (Å²) in [5, 5.41) is 5.82. The lowest BCUT2D eigenvalue weighted by molar-refractivity contribution is -0.132. The summed E-state index contributed by atoms with van der Waals surface area (Å²) >= 11 is 0. The highest BCUT2D eigenvalue weighted by Crippen LogP contribution is 2.40. The number of methoxy groups -OCH3 is 3. The second kappa shape index (κ2) is 9.12. The van der Waals surface area contributed by atoms with Crippen molar-refractivity contribution in [2.75, 3.05) is 43.9 Å². The van der Waals surface area contributed by atoms with Crippen molar-refractivity contribution in [3.8, 4) is 23.0 Å². The molecule has 0 radical (unpaired) electrons. The molecule has 2 aromatic heterocycles. The Balaban J connectivity index is 1.60. The first-order valence-electron chi connectivity index (χ1n) is 10.5. The molecule has 1 amide bonds. The van der Waals surface area contributed by atoms with Crippen LogP contribution in [0.25, 0.3) is 0 Å². The largest absolute Gasteiger partial charge is 0.493 e. The van der Waals surface area contributed by atoms with E-state index in [0.29, 0.717) is 34.5 Å². The first kappa shape index (κ1) is 23.8. The molecule has 0 unspecified atom stereocenters. The number of likely N-dealkylation sites (N-methyl/N-ethyl adjacent to an activating group) is 1. The van der Waals surface area contributed by atoms with Gasteiger partial charge in [0.2, 0.25) is 11.7 Å². The Morgan fingerprint density at radius 3 is 2.34 bits per heavy atom. The lowest BCUT2D eigenvalue weighted by Crippen LogP contribution is -2.51. The smallest absolute Gasteiger partial charge is 0.271 e. The average molecular weight is 484 g/mol. The van der Waals surface area contributed by atoms with Crippen molar-refractivity contribution in [2.24, 2.45) is 0 Å². The van der Waals surface area contributed by atoms with E-state index in [2.05, 4.69) is 25.6 Å². The van der Waals surface area contributed by atoms with E-state index in [1.165, 1.54) is 26.2 Å². The van der Waals surface area contributed by atoms with E-state index in [1.54, 1.807) is 45.2 Å². The summed E-state index contributed by atoms with van der Waals surface area (Å²) in [6, 6.07) is 6.59. The summed E-state index contributed by atoms with van der Waals surface area (Å²) in [5.41, 5.74) is -0.478. The number of anilines is 5.